The summed E-state index contributed by atoms with van der Waals surface area (Å²) in [5.74, 6) is -0.532. The van der Waals surface area contributed by atoms with Crippen molar-refractivity contribution in [2.24, 2.45) is 5.41 Å². The summed E-state index contributed by atoms with van der Waals surface area (Å²) in [6.07, 6.45) is 0. The zero-order chi connectivity index (χ0) is 14.1. The van der Waals surface area contributed by atoms with Crippen molar-refractivity contribution in [3.05, 3.63) is 16.0 Å². The van der Waals surface area contributed by atoms with E-state index in [0.29, 0.717) is 10.6 Å². The number of anilines is 1. The van der Waals surface area contributed by atoms with Gasteiger partial charge < -0.3 is 10.1 Å². The monoisotopic (exact) mass is 269 g/mol. The number of amides is 1. The molecule has 0 spiro atoms. The first-order valence-corrected chi connectivity index (χ1v) is 6.50. The van der Waals surface area contributed by atoms with Crippen LogP contribution in [0.15, 0.2) is 0 Å². The first-order chi connectivity index (χ1) is 8.18. The first-order valence-electron chi connectivity index (χ1n) is 5.68. The van der Waals surface area contributed by atoms with Crippen molar-refractivity contribution in [1.29, 1.82) is 0 Å². The van der Waals surface area contributed by atoms with Gasteiger partial charge in [0.2, 0.25) is 5.91 Å². The smallest absolute Gasteiger partial charge is 0.341 e. The number of hydrogen-bond donors (Lipinski definition) is 1. The van der Waals surface area contributed by atoms with E-state index >= 15 is 0 Å². The molecule has 1 heterocycles. The van der Waals surface area contributed by atoms with Crippen molar-refractivity contribution in [1.82, 2.24) is 0 Å². The number of esters is 1. The third-order valence-corrected chi connectivity index (χ3v) is 3.81. The summed E-state index contributed by atoms with van der Waals surface area (Å²) in [5.41, 5.74) is 0.813. The minimum absolute atomic E-state index is 0.117. The molecular formula is C13H19NO3S. The molecule has 1 rings (SSSR count). The lowest BCUT2D eigenvalue weighted by atomic mass is 9.96. The Morgan fingerprint density at radius 2 is 1.78 bits per heavy atom. The van der Waals surface area contributed by atoms with E-state index in [1.807, 2.05) is 34.6 Å². The number of carbonyl (C=O) groups is 2. The van der Waals surface area contributed by atoms with Crippen molar-refractivity contribution in [3.8, 4) is 0 Å². The zero-order valence-corrected chi connectivity index (χ0v) is 12.4. The molecule has 0 unspecified atom stereocenters. The minimum Gasteiger partial charge on any atom is -0.465 e. The van der Waals surface area contributed by atoms with Gasteiger partial charge in [-0.1, -0.05) is 20.8 Å². The van der Waals surface area contributed by atoms with Gasteiger partial charge in [0.25, 0.3) is 0 Å². The second-order valence-electron chi connectivity index (χ2n) is 5.18. The van der Waals surface area contributed by atoms with Crippen molar-refractivity contribution in [2.45, 2.75) is 34.6 Å². The van der Waals surface area contributed by atoms with Crippen LogP contribution in [0.25, 0.3) is 0 Å². The Balaban J connectivity index is 3.14. The molecule has 1 aromatic rings. The molecule has 0 aliphatic rings. The van der Waals surface area contributed by atoms with Gasteiger partial charge in [-0.2, -0.15) is 0 Å². The lowest BCUT2D eigenvalue weighted by Crippen LogP contribution is -2.28. The second-order valence-corrected chi connectivity index (χ2v) is 6.41. The zero-order valence-electron chi connectivity index (χ0n) is 11.6. The van der Waals surface area contributed by atoms with Crippen LogP contribution in [0.4, 0.5) is 5.00 Å². The van der Waals surface area contributed by atoms with E-state index in [9.17, 15) is 9.59 Å². The topological polar surface area (TPSA) is 55.4 Å². The van der Waals surface area contributed by atoms with Crippen LogP contribution in [0.5, 0.6) is 0 Å². The number of nitrogens with one attached hydrogen (secondary N) is 1. The molecule has 0 saturated carbocycles. The Morgan fingerprint density at radius 1 is 1.22 bits per heavy atom. The third-order valence-electron chi connectivity index (χ3n) is 2.68. The maximum Gasteiger partial charge on any atom is 0.341 e. The highest BCUT2D eigenvalue weighted by Gasteiger charge is 2.26. The Bertz CT molecular complexity index is 483. The molecule has 0 atom stereocenters. The summed E-state index contributed by atoms with van der Waals surface area (Å²) < 4.78 is 4.75. The first kappa shape index (κ1) is 14.7. The van der Waals surface area contributed by atoms with E-state index < -0.39 is 11.4 Å². The average Bonchev–Trinajstić information content (AvgIpc) is 2.52. The predicted octanol–water partition coefficient (Wildman–Crippen LogP) is 3.14. The SMILES string of the molecule is COC(=O)c1c(NC(=O)C(C)(C)C)sc(C)c1C. The van der Waals surface area contributed by atoms with Crippen LogP contribution in [-0.2, 0) is 9.53 Å². The summed E-state index contributed by atoms with van der Waals surface area (Å²) in [4.78, 5) is 24.7. The number of ether oxygens (including phenoxy) is 1. The number of aryl methyl sites for hydroxylation is 1. The van der Waals surface area contributed by atoms with Gasteiger partial charge in [-0.15, -0.1) is 11.3 Å². The molecule has 1 aromatic heterocycles. The van der Waals surface area contributed by atoms with E-state index in [4.69, 9.17) is 4.74 Å². The fourth-order valence-corrected chi connectivity index (χ4v) is 2.40. The van der Waals surface area contributed by atoms with Crippen LogP contribution in [0.3, 0.4) is 0 Å². The van der Waals surface area contributed by atoms with Gasteiger partial charge in [-0.3, -0.25) is 4.79 Å². The highest BCUT2D eigenvalue weighted by atomic mass is 32.1. The fourth-order valence-electron chi connectivity index (χ4n) is 1.35. The van der Waals surface area contributed by atoms with Crippen LogP contribution in [-0.4, -0.2) is 19.0 Å². The average molecular weight is 269 g/mol. The van der Waals surface area contributed by atoms with Gasteiger partial charge in [0.05, 0.1) is 12.7 Å². The molecule has 5 heteroatoms. The minimum atomic E-state index is -0.501. The normalized spacial score (nSPS) is 11.2. The maximum absolute atomic E-state index is 12.0. The largest absolute Gasteiger partial charge is 0.465 e. The molecule has 18 heavy (non-hydrogen) atoms. The molecule has 1 N–H and O–H groups in total. The molecule has 0 radical (unpaired) electrons. The van der Waals surface area contributed by atoms with Crippen LogP contribution in [0, 0.1) is 19.3 Å². The number of carbonyl (C=O) groups excluding carboxylic acids is 2. The lowest BCUT2D eigenvalue weighted by molar-refractivity contribution is -0.123. The van der Waals surface area contributed by atoms with Gasteiger partial charge in [0, 0.05) is 10.3 Å². The van der Waals surface area contributed by atoms with Crippen molar-refractivity contribution in [3.63, 3.8) is 0 Å². The summed E-state index contributed by atoms with van der Waals surface area (Å²) in [6, 6.07) is 0. The van der Waals surface area contributed by atoms with Crippen LogP contribution in [0.1, 0.15) is 41.6 Å². The predicted molar refractivity (Wildman–Crippen MR) is 73.2 cm³/mol. The third kappa shape index (κ3) is 2.90. The highest BCUT2D eigenvalue weighted by Crippen LogP contribution is 2.33. The Kier molecular flexibility index (Phi) is 4.16. The molecule has 1 amide bonds. The molecule has 100 valence electrons. The van der Waals surface area contributed by atoms with Crippen LogP contribution >= 0.6 is 11.3 Å². The van der Waals surface area contributed by atoms with E-state index in [1.54, 1.807) is 0 Å². The fraction of sp³-hybridized carbons (Fsp3) is 0.538. The van der Waals surface area contributed by atoms with Gasteiger partial charge in [0.15, 0.2) is 0 Å². The molecule has 0 fully saturated rings. The van der Waals surface area contributed by atoms with Crippen molar-refractivity contribution < 1.29 is 14.3 Å². The quantitative estimate of drug-likeness (QED) is 0.839. The summed E-state index contributed by atoms with van der Waals surface area (Å²) >= 11 is 1.40. The lowest BCUT2D eigenvalue weighted by Gasteiger charge is -2.17. The molecule has 4 nitrogen and oxygen atoms in total. The summed E-state index contributed by atoms with van der Waals surface area (Å²) in [7, 11) is 1.34. The van der Waals surface area contributed by atoms with E-state index in [1.165, 1.54) is 18.4 Å². The van der Waals surface area contributed by atoms with E-state index in [2.05, 4.69) is 5.32 Å². The van der Waals surface area contributed by atoms with Crippen molar-refractivity contribution in [2.75, 3.05) is 12.4 Å². The number of rotatable bonds is 2. The Labute approximate surface area is 111 Å². The number of hydrogen-bond acceptors (Lipinski definition) is 4. The number of thiophene rings is 1. The van der Waals surface area contributed by atoms with Gasteiger partial charge in [-0.25, -0.2) is 4.79 Å². The molecular weight excluding hydrogens is 250 g/mol. The van der Waals surface area contributed by atoms with Crippen molar-refractivity contribution >= 4 is 28.2 Å². The van der Waals surface area contributed by atoms with E-state index in [0.717, 1.165) is 10.4 Å². The molecule has 0 aromatic carbocycles. The standard InChI is InChI=1S/C13H19NO3S/c1-7-8(2)18-10(9(7)11(15)17-6)14-12(16)13(3,4)5/h1-6H3,(H,14,16). The second kappa shape index (κ2) is 5.10. The van der Waals surface area contributed by atoms with Crippen LogP contribution < -0.4 is 5.32 Å². The molecule has 0 aliphatic heterocycles. The Hall–Kier alpha value is -1.36. The molecule has 0 saturated heterocycles. The highest BCUT2D eigenvalue weighted by molar-refractivity contribution is 7.16. The van der Waals surface area contributed by atoms with Gasteiger partial charge >= 0.3 is 5.97 Å². The van der Waals surface area contributed by atoms with Gasteiger partial charge in [0.1, 0.15) is 5.00 Å². The Morgan fingerprint density at radius 3 is 2.22 bits per heavy atom. The number of methoxy groups -OCH3 is 1. The maximum atomic E-state index is 12.0. The van der Waals surface area contributed by atoms with E-state index in [-0.39, 0.29) is 5.91 Å². The molecule has 0 bridgehead atoms. The summed E-state index contributed by atoms with van der Waals surface area (Å²) in [6.45, 7) is 9.25. The van der Waals surface area contributed by atoms with Gasteiger partial charge in [-0.05, 0) is 19.4 Å². The van der Waals surface area contributed by atoms with Crippen LogP contribution in [0.2, 0.25) is 0 Å². The molecule has 0 aliphatic carbocycles. The summed E-state index contributed by atoms with van der Waals surface area (Å²) in [5, 5.41) is 3.37.